The van der Waals surface area contributed by atoms with Gasteiger partial charge >= 0.3 is 0 Å². The second-order valence-electron chi connectivity index (χ2n) is 4.10. The first-order chi connectivity index (χ1) is 9.15. The molecule has 2 aromatic carbocycles. The summed E-state index contributed by atoms with van der Waals surface area (Å²) < 4.78 is 5.61. The molecule has 0 aliphatic heterocycles. The van der Waals surface area contributed by atoms with Crippen molar-refractivity contribution in [2.24, 2.45) is 0 Å². The number of methoxy groups -OCH3 is 1. The molecule has 0 fully saturated rings. The van der Waals surface area contributed by atoms with E-state index >= 15 is 0 Å². The average molecular weight is 318 g/mol. The molecule has 0 aliphatic carbocycles. The molecule has 2 aromatic rings. The third-order valence-electron chi connectivity index (χ3n) is 2.74. The Labute approximate surface area is 120 Å². The number of ether oxygens (including phenoxy) is 1. The van der Waals surface area contributed by atoms with Crippen molar-refractivity contribution in [1.29, 1.82) is 5.26 Å². The van der Waals surface area contributed by atoms with Crippen LogP contribution in [-0.4, -0.2) is 12.2 Å². The van der Waals surface area contributed by atoms with E-state index in [0.29, 0.717) is 22.2 Å². The van der Waals surface area contributed by atoms with Crippen molar-refractivity contribution in [2.45, 2.75) is 6.61 Å². The van der Waals surface area contributed by atoms with Gasteiger partial charge in [0.25, 0.3) is 0 Å². The lowest BCUT2D eigenvalue weighted by Gasteiger charge is -2.09. The Kier molecular flexibility index (Phi) is 4.20. The fourth-order valence-corrected chi connectivity index (χ4v) is 2.34. The van der Waals surface area contributed by atoms with Crippen LogP contribution in [0, 0.1) is 11.3 Å². The molecule has 0 saturated carbocycles. The molecule has 0 bridgehead atoms. The lowest BCUT2D eigenvalue weighted by atomic mass is 10.0. The van der Waals surface area contributed by atoms with Crippen molar-refractivity contribution in [2.75, 3.05) is 7.11 Å². The molecule has 96 valence electrons. The summed E-state index contributed by atoms with van der Waals surface area (Å²) in [6.45, 7) is 0.508. The molecular weight excluding hydrogens is 306 g/mol. The van der Waals surface area contributed by atoms with E-state index < -0.39 is 0 Å². The smallest absolute Gasteiger partial charge is 0.137 e. The highest BCUT2D eigenvalue weighted by Gasteiger charge is 2.10. The van der Waals surface area contributed by atoms with Crippen molar-refractivity contribution in [1.82, 2.24) is 0 Å². The Morgan fingerprint density at radius 2 is 2.11 bits per heavy atom. The standard InChI is InChI=1S/C15H12BrNO2/c1-19-9-10-3-2-4-12(5-10)13-6-11(8-17)7-14(16)15(13)18/h2-7,18H,9H2,1H3. The number of nitriles is 1. The van der Waals surface area contributed by atoms with Crippen LogP contribution in [0.5, 0.6) is 5.75 Å². The quantitative estimate of drug-likeness (QED) is 0.935. The SMILES string of the molecule is COCc1cccc(-c2cc(C#N)cc(Br)c2O)c1. The molecule has 3 nitrogen and oxygen atoms in total. The van der Waals surface area contributed by atoms with Gasteiger partial charge in [-0.2, -0.15) is 5.26 Å². The number of nitrogens with zero attached hydrogens (tertiary/aromatic N) is 1. The number of aromatic hydroxyl groups is 1. The van der Waals surface area contributed by atoms with E-state index in [-0.39, 0.29) is 5.75 Å². The van der Waals surface area contributed by atoms with E-state index in [4.69, 9.17) is 10.00 Å². The highest BCUT2D eigenvalue weighted by atomic mass is 79.9. The summed E-state index contributed by atoms with van der Waals surface area (Å²) in [6, 6.07) is 13.0. The van der Waals surface area contributed by atoms with Crippen LogP contribution in [0.1, 0.15) is 11.1 Å². The monoisotopic (exact) mass is 317 g/mol. The molecule has 0 spiro atoms. The maximum Gasteiger partial charge on any atom is 0.137 e. The second-order valence-corrected chi connectivity index (χ2v) is 4.95. The van der Waals surface area contributed by atoms with Crippen molar-refractivity contribution < 1.29 is 9.84 Å². The van der Waals surface area contributed by atoms with Gasteiger partial charge in [-0.05, 0) is 45.3 Å². The summed E-state index contributed by atoms with van der Waals surface area (Å²) in [4.78, 5) is 0. The number of rotatable bonds is 3. The molecule has 0 radical (unpaired) electrons. The van der Waals surface area contributed by atoms with Crippen molar-refractivity contribution in [3.8, 4) is 22.9 Å². The largest absolute Gasteiger partial charge is 0.506 e. The molecule has 1 N–H and O–H groups in total. The van der Waals surface area contributed by atoms with Crippen LogP contribution in [0.15, 0.2) is 40.9 Å². The third kappa shape index (κ3) is 2.95. The molecule has 0 atom stereocenters. The Morgan fingerprint density at radius 3 is 2.79 bits per heavy atom. The van der Waals surface area contributed by atoms with Crippen LogP contribution in [0.4, 0.5) is 0 Å². The minimum atomic E-state index is 0.133. The lowest BCUT2D eigenvalue weighted by molar-refractivity contribution is 0.185. The van der Waals surface area contributed by atoms with Crippen LogP contribution in [-0.2, 0) is 11.3 Å². The molecule has 0 amide bonds. The second kappa shape index (κ2) is 5.87. The Bertz CT molecular complexity index is 647. The molecule has 0 aliphatic rings. The van der Waals surface area contributed by atoms with Gasteiger partial charge in [-0.15, -0.1) is 0 Å². The number of hydrogen-bond donors (Lipinski definition) is 1. The highest BCUT2D eigenvalue weighted by molar-refractivity contribution is 9.10. The Morgan fingerprint density at radius 1 is 1.32 bits per heavy atom. The van der Waals surface area contributed by atoms with Crippen molar-refractivity contribution >= 4 is 15.9 Å². The van der Waals surface area contributed by atoms with E-state index in [0.717, 1.165) is 11.1 Å². The molecular formula is C15H12BrNO2. The summed E-state index contributed by atoms with van der Waals surface area (Å²) in [5.74, 6) is 0.133. The van der Waals surface area contributed by atoms with Gasteiger partial charge < -0.3 is 9.84 Å². The maximum absolute atomic E-state index is 10.1. The maximum atomic E-state index is 10.1. The molecule has 4 heteroatoms. The van der Waals surface area contributed by atoms with Gasteiger partial charge in [0.15, 0.2) is 0 Å². The van der Waals surface area contributed by atoms with Gasteiger partial charge in [0, 0.05) is 12.7 Å². The highest BCUT2D eigenvalue weighted by Crippen LogP contribution is 2.36. The van der Waals surface area contributed by atoms with Gasteiger partial charge in [0.1, 0.15) is 5.75 Å². The molecule has 0 aromatic heterocycles. The third-order valence-corrected chi connectivity index (χ3v) is 3.35. The molecule has 0 unspecified atom stereocenters. The fraction of sp³-hybridized carbons (Fsp3) is 0.133. The Balaban J connectivity index is 2.55. The van der Waals surface area contributed by atoms with Crippen LogP contribution in [0.25, 0.3) is 11.1 Å². The van der Waals surface area contributed by atoms with E-state index in [2.05, 4.69) is 22.0 Å². The van der Waals surface area contributed by atoms with Crippen molar-refractivity contribution in [3.63, 3.8) is 0 Å². The number of benzene rings is 2. The van der Waals surface area contributed by atoms with E-state index in [9.17, 15) is 5.11 Å². The number of phenolic OH excluding ortho intramolecular Hbond substituents is 1. The zero-order chi connectivity index (χ0) is 13.8. The van der Waals surface area contributed by atoms with Gasteiger partial charge in [-0.1, -0.05) is 18.2 Å². The number of hydrogen-bond acceptors (Lipinski definition) is 3. The van der Waals surface area contributed by atoms with Crippen LogP contribution in [0.2, 0.25) is 0 Å². The average Bonchev–Trinajstić information content (AvgIpc) is 2.42. The van der Waals surface area contributed by atoms with Gasteiger partial charge in [0.2, 0.25) is 0 Å². The predicted molar refractivity (Wildman–Crippen MR) is 76.7 cm³/mol. The first-order valence-electron chi connectivity index (χ1n) is 5.66. The molecule has 0 heterocycles. The fourth-order valence-electron chi connectivity index (χ4n) is 1.88. The van der Waals surface area contributed by atoms with Gasteiger partial charge in [-0.3, -0.25) is 0 Å². The topological polar surface area (TPSA) is 53.2 Å². The summed E-state index contributed by atoms with van der Waals surface area (Å²) in [6.07, 6.45) is 0. The number of phenols is 1. The predicted octanol–water partition coefficient (Wildman–Crippen LogP) is 3.84. The van der Waals surface area contributed by atoms with Crippen LogP contribution < -0.4 is 0 Å². The van der Waals surface area contributed by atoms with Crippen LogP contribution >= 0.6 is 15.9 Å². The first-order valence-corrected chi connectivity index (χ1v) is 6.46. The molecule has 19 heavy (non-hydrogen) atoms. The van der Waals surface area contributed by atoms with Crippen LogP contribution in [0.3, 0.4) is 0 Å². The normalized spacial score (nSPS) is 10.2. The Hall–Kier alpha value is -1.83. The number of halogens is 1. The minimum Gasteiger partial charge on any atom is -0.506 e. The zero-order valence-corrected chi connectivity index (χ0v) is 11.9. The summed E-state index contributed by atoms with van der Waals surface area (Å²) in [5.41, 5.74) is 2.99. The molecule has 0 saturated heterocycles. The van der Waals surface area contributed by atoms with Gasteiger partial charge in [-0.25, -0.2) is 0 Å². The van der Waals surface area contributed by atoms with Crippen molar-refractivity contribution in [3.05, 3.63) is 52.0 Å². The summed E-state index contributed by atoms with van der Waals surface area (Å²) >= 11 is 3.26. The van der Waals surface area contributed by atoms with E-state index in [1.165, 1.54) is 0 Å². The first kappa shape index (κ1) is 13.6. The van der Waals surface area contributed by atoms with Gasteiger partial charge in [0.05, 0.1) is 22.7 Å². The zero-order valence-electron chi connectivity index (χ0n) is 10.4. The van der Waals surface area contributed by atoms with E-state index in [1.807, 2.05) is 24.3 Å². The summed E-state index contributed by atoms with van der Waals surface area (Å²) in [5, 5.41) is 19.1. The lowest BCUT2D eigenvalue weighted by Crippen LogP contribution is -1.89. The minimum absolute atomic E-state index is 0.133. The summed E-state index contributed by atoms with van der Waals surface area (Å²) in [7, 11) is 1.64. The molecule has 2 rings (SSSR count). The van der Waals surface area contributed by atoms with E-state index in [1.54, 1.807) is 19.2 Å².